The Morgan fingerprint density at radius 1 is 1.38 bits per heavy atom. The van der Waals surface area contributed by atoms with Gasteiger partial charge in [0.15, 0.2) is 5.82 Å². The second-order valence-electron chi connectivity index (χ2n) is 4.38. The van der Waals surface area contributed by atoms with Crippen LogP contribution in [0.4, 0.5) is 11.5 Å². The Balaban J connectivity index is 0.00000200. The van der Waals surface area contributed by atoms with Crippen molar-refractivity contribution in [2.24, 2.45) is 0 Å². The summed E-state index contributed by atoms with van der Waals surface area (Å²) in [5, 5.41) is 5.88. The topological polar surface area (TPSA) is 66.5 Å². The number of carbonyl (C=O) groups excluding carboxylic acids is 1. The van der Waals surface area contributed by atoms with Gasteiger partial charge in [0.2, 0.25) is 5.91 Å². The van der Waals surface area contributed by atoms with Crippen molar-refractivity contribution in [3.63, 3.8) is 0 Å². The molecule has 0 unspecified atom stereocenters. The molecule has 2 heterocycles. The molecule has 2 rings (SSSR count). The van der Waals surface area contributed by atoms with Crippen molar-refractivity contribution in [2.75, 3.05) is 50.1 Å². The summed E-state index contributed by atoms with van der Waals surface area (Å²) in [6.07, 6.45) is 2.20. The average Bonchev–Trinajstić information content (AvgIpc) is 2.46. The highest BCUT2D eigenvalue weighted by Crippen LogP contribution is 2.23. The van der Waals surface area contributed by atoms with Crippen LogP contribution in [0.25, 0.3) is 0 Å². The van der Waals surface area contributed by atoms with Crippen LogP contribution in [0.15, 0.2) is 18.3 Å². The number of amides is 1. The molecule has 1 saturated heterocycles. The maximum absolute atomic E-state index is 11.8. The van der Waals surface area contributed by atoms with E-state index < -0.39 is 0 Å². The van der Waals surface area contributed by atoms with E-state index in [-0.39, 0.29) is 30.7 Å². The summed E-state index contributed by atoms with van der Waals surface area (Å²) in [7, 11) is 1.83. The van der Waals surface area contributed by atoms with Crippen LogP contribution in [0.1, 0.15) is 6.42 Å². The Bertz CT molecular complexity index is 428. The Labute approximate surface area is 137 Å². The monoisotopic (exact) mass is 336 g/mol. The van der Waals surface area contributed by atoms with Crippen LogP contribution >= 0.6 is 24.8 Å². The number of pyridine rings is 1. The zero-order chi connectivity index (χ0) is 13.5. The minimum absolute atomic E-state index is 0. The average molecular weight is 337 g/mol. The van der Waals surface area contributed by atoms with Crippen LogP contribution in [-0.2, 0) is 9.53 Å². The quantitative estimate of drug-likeness (QED) is 0.848. The van der Waals surface area contributed by atoms with Gasteiger partial charge in [-0.3, -0.25) is 4.79 Å². The summed E-state index contributed by atoms with van der Waals surface area (Å²) >= 11 is 0. The van der Waals surface area contributed by atoms with Gasteiger partial charge in [0.05, 0.1) is 18.9 Å². The smallest absolute Gasteiger partial charge is 0.225 e. The van der Waals surface area contributed by atoms with Crippen LogP contribution in [-0.4, -0.2) is 50.8 Å². The lowest BCUT2D eigenvalue weighted by Gasteiger charge is -2.29. The Hall–Kier alpha value is -1.08. The minimum atomic E-state index is -0.00291. The maximum atomic E-state index is 11.8. The van der Waals surface area contributed by atoms with E-state index in [1.807, 2.05) is 19.2 Å². The van der Waals surface area contributed by atoms with Crippen molar-refractivity contribution < 1.29 is 9.53 Å². The van der Waals surface area contributed by atoms with Crippen molar-refractivity contribution in [3.05, 3.63) is 18.3 Å². The van der Waals surface area contributed by atoms with E-state index in [0.717, 1.165) is 24.6 Å². The Morgan fingerprint density at radius 2 is 2.10 bits per heavy atom. The summed E-state index contributed by atoms with van der Waals surface area (Å²) in [5.41, 5.74) is 0.769. The predicted octanol–water partition coefficient (Wildman–Crippen LogP) is 1.31. The fourth-order valence-electron chi connectivity index (χ4n) is 1.97. The molecule has 2 N–H and O–H groups in total. The summed E-state index contributed by atoms with van der Waals surface area (Å²) in [6, 6.07) is 3.71. The number of nitrogens with zero attached hydrogens (tertiary/aromatic N) is 2. The Kier molecular flexibility index (Phi) is 10.1. The molecule has 0 atom stereocenters. The van der Waals surface area contributed by atoms with Crippen molar-refractivity contribution in [1.29, 1.82) is 0 Å². The van der Waals surface area contributed by atoms with Gasteiger partial charge in [0, 0.05) is 32.3 Å². The Morgan fingerprint density at radius 3 is 2.76 bits per heavy atom. The van der Waals surface area contributed by atoms with E-state index in [2.05, 4.69) is 20.5 Å². The molecule has 1 aromatic rings. The highest BCUT2D eigenvalue weighted by atomic mass is 35.5. The molecule has 8 heteroatoms. The standard InChI is InChI=1S/C13H20N4O2.2ClH/c1-14-6-4-12(18)16-11-3-2-5-15-13(11)17-7-9-19-10-8-17;;/h2-3,5,14H,4,6-10H2,1H3,(H,16,18);2*1H. The molecule has 1 fully saturated rings. The molecule has 0 aromatic carbocycles. The first-order valence-electron chi connectivity index (χ1n) is 6.53. The lowest BCUT2D eigenvalue weighted by atomic mass is 10.3. The normalized spacial score (nSPS) is 13.9. The number of hydrogen-bond donors (Lipinski definition) is 2. The number of nitrogens with one attached hydrogen (secondary N) is 2. The van der Waals surface area contributed by atoms with Crippen LogP contribution in [0.2, 0.25) is 0 Å². The SMILES string of the molecule is CNCCC(=O)Nc1cccnc1N1CCOCC1.Cl.Cl. The first-order valence-corrected chi connectivity index (χ1v) is 6.53. The van der Waals surface area contributed by atoms with Gasteiger partial charge in [0.25, 0.3) is 0 Å². The van der Waals surface area contributed by atoms with E-state index in [9.17, 15) is 4.79 Å². The van der Waals surface area contributed by atoms with E-state index >= 15 is 0 Å². The molecular weight excluding hydrogens is 315 g/mol. The minimum Gasteiger partial charge on any atom is -0.378 e. The van der Waals surface area contributed by atoms with Crippen LogP contribution < -0.4 is 15.5 Å². The van der Waals surface area contributed by atoms with Crippen molar-refractivity contribution in [1.82, 2.24) is 10.3 Å². The number of anilines is 2. The van der Waals surface area contributed by atoms with Crippen molar-refractivity contribution in [2.45, 2.75) is 6.42 Å². The van der Waals surface area contributed by atoms with Gasteiger partial charge in [-0.15, -0.1) is 24.8 Å². The number of morpholine rings is 1. The van der Waals surface area contributed by atoms with Crippen molar-refractivity contribution in [3.8, 4) is 0 Å². The number of rotatable bonds is 5. The van der Waals surface area contributed by atoms with Crippen LogP contribution in [0.5, 0.6) is 0 Å². The molecule has 0 aliphatic carbocycles. The van der Waals surface area contributed by atoms with Gasteiger partial charge < -0.3 is 20.3 Å². The van der Waals surface area contributed by atoms with Gasteiger partial charge in [-0.2, -0.15) is 0 Å². The summed E-state index contributed by atoms with van der Waals surface area (Å²) < 4.78 is 5.33. The highest BCUT2D eigenvalue weighted by molar-refractivity contribution is 5.93. The molecular formula is C13H22Cl2N4O2. The largest absolute Gasteiger partial charge is 0.378 e. The lowest BCUT2D eigenvalue weighted by molar-refractivity contribution is -0.116. The lowest BCUT2D eigenvalue weighted by Crippen LogP contribution is -2.37. The number of halogens is 2. The molecule has 120 valence electrons. The van der Waals surface area contributed by atoms with E-state index in [1.54, 1.807) is 6.20 Å². The third-order valence-electron chi connectivity index (χ3n) is 2.97. The zero-order valence-corrected chi connectivity index (χ0v) is 13.6. The third-order valence-corrected chi connectivity index (χ3v) is 2.97. The first-order chi connectivity index (χ1) is 9.31. The molecule has 1 aliphatic rings. The van der Waals surface area contributed by atoms with Crippen LogP contribution in [0.3, 0.4) is 0 Å². The van der Waals surface area contributed by atoms with Gasteiger partial charge >= 0.3 is 0 Å². The molecule has 21 heavy (non-hydrogen) atoms. The summed E-state index contributed by atoms with van der Waals surface area (Å²) in [5.74, 6) is 0.820. The molecule has 6 nitrogen and oxygen atoms in total. The zero-order valence-electron chi connectivity index (χ0n) is 12.0. The first kappa shape index (κ1) is 19.9. The van der Waals surface area contributed by atoms with Gasteiger partial charge in [0.1, 0.15) is 0 Å². The molecule has 0 bridgehead atoms. The number of hydrogen-bond acceptors (Lipinski definition) is 5. The van der Waals surface area contributed by atoms with E-state index in [4.69, 9.17) is 4.74 Å². The molecule has 1 aliphatic heterocycles. The molecule has 1 aromatic heterocycles. The summed E-state index contributed by atoms with van der Waals surface area (Å²) in [6.45, 7) is 3.67. The van der Waals surface area contributed by atoms with Gasteiger partial charge in [-0.25, -0.2) is 4.98 Å². The number of ether oxygens (including phenoxy) is 1. The predicted molar refractivity (Wildman–Crippen MR) is 88.9 cm³/mol. The second-order valence-corrected chi connectivity index (χ2v) is 4.38. The van der Waals surface area contributed by atoms with Crippen molar-refractivity contribution >= 4 is 42.2 Å². The second kappa shape index (κ2) is 10.6. The maximum Gasteiger partial charge on any atom is 0.225 e. The molecule has 0 radical (unpaired) electrons. The van der Waals surface area contributed by atoms with Gasteiger partial charge in [-0.05, 0) is 19.2 Å². The van der Waals surface area contributed by atoms with Gasteiger partial charge in [-0.1, -0.05) is 0 Å². The summed E-state index contributed by atoms with van der Waals surface area (Å²) in [4.78, 5) is 18.3. The van der Waals surface area contributed by atoms with Crippen LogP contribution in [0, 0.1) is 0 Å². The number of carbonyl (C=O) groups is 1. The third kappa shape index (κ3) is 6.05. The molecule has 1 amide bonds. The molecule has 0 spiro atoms. The highest BCUT2D eigenvalue weighted by Gasteiger charge is 2.16. The molecule has 0 saturated carbocycles. The van der Waals surface area contributed by atoms with E-state index in [1.165, 1.54) is 0 Å². The van der Waals surface area contributed by atoms with E-state index in [0.29, 0.717) is 26.2 Å². The fraction of sp³-hybridized carbons (Fsp3) is 0.538. The fourth-order valence-corrected chi connectivity index (χ4v) is 1.97. The number of aromatic nitrogens is 1.